The number of rotatable bonds is 4. The number of aromatic nitrogens is 3. The summed E-state index contributed by atoms with van der Waals surface area (Å²) in [5, 5.41) is 1.05. The van der Waals surface area contributed by atoms with E-state index in [1.165, 1.54) is 5.56 Å². The van der Waals surface area contributed by atoms with E-state index in [0.29, 0.717) is 0 Å². The molecule has 0 radical (unpaired) electrons. The van der Waals surface area contributed by atoms with Crippen LogP contribution in [-0.2, 0) is 6.54 Å². The molecule has 2 aromatic heterocycles. The molecule has 0 atom stereocenters. The Morgan fingerprint density at radius 3 is 2.32 bits per heavy atom. The zero-order valence-electron chi connectivity index (χ0n) is 14.0. The summed E-state index contributed by atoms with van der Waals surface area (Å²) in [5.74, 6) is 1.65. The lowest BCUT2D eigenvalue weighted by Gasteiger charge is -2.21. The summed E-state index contributed by atoms with van der Waals surface area (Å²) in [6.45, 7) is 0.789. The summed E-state index contributed by atoms with van der Waals surface area (Å²) < 4.78 is 0. The van der Waals surface area contributed by atoms with Gasteiger partial charge in [0.25, 0.3) is 0 Å². The van der Waals surface area contributed by atoms with Crippen molar-refractivity contribution in [2.24, 2.45) is 0 Å². The molecule has 25 heavy (non-hydrogen) atoms. The van der Waals surface area contributed by atoms with Gasteiger partial charge in [0.2, 0.25) is 0 Å². The first-order valence-electron chi connectivity index (χ1n) is 8.23. The maximum absolute atomic E-state index is 4.85. The van der Waals surface area contributed by atoms with Gasteiger partial charge in [-0.05, 0) is 29.8 Å². The number of para-hydroxylation sites is 1. The molecule has 0 fully saturated rings. The van der Waals surface area contributed by atoms with Crippen LogP contribution in [0.2, 0.25) is 0 Å². The Balaban J connectivity index is 1.81. The minimum Gasteiger partial charge on any atom is -0.355 e. The number of hydrogen-bond acceptors (Lipinski definition) is 4. The number of pyridine rings is 1. The molecule has 0 amide bonds. The third-order valence-corrected chi connectivity index (χ3v) is 4.15. The van der Waals surface area contributed by atoms with Gasteiger partial charge >= 0.3 is 0 Å². The second kappa shape index (κ2) is 6.69. The molecule has 0 saturated carbocycles. The van der Waals surface area contributed by atoms with Crippen molar-refractivity contribution in [3.8, 4) is 11.4 Å². The van der Waals surface area contributed by atoms with Gasteiger partial charge in [-0.3, -0.25) is 4.98 Å². The predicted molar refractivity (Wildman–Crippen MR) is 101 cm³/mol. The highest BCUT2D eigenvalue weighted by Gasteiger charge is 2.13. The van der Waals surface area contributed by atoms with Crippen LogP contribution in [0.5, 0.6) is 0 Å². The zero-order valence-corrected chi connectivity index (χ0v) is 14.0. The maximum atomic E-state index is 4.85. The van der Waals surface area contributed by atoms with E-state index in [1.807, 2.05) is 36.4 Å². The van der Waals surface area contributed by atoms with Crippen molar-refractivity contribution in [1.29, 1.82) is 0 Å². The molecule has 0 unspecified atom stereocenters. The summed E-state index contributed by atoms with van der Waals surface area (Å²) in [6, 6.07) is 22.4. The Labute approximate surface area is 146 Å². The highest BCUT2D eigenvalue weighted by Crippen LogP contribution is 2.27. The molecule has 2 aromatic carbocycles. The minimum absolute atomic E-state index is 0.719. The molecular weight excluding hydrogens is 308 g/mol. The zero-order chi connectivity index (χ0) is 17.1. The molecule has 0 aliphatic rings. The van der Waals surface area contributed by atoms with E-state index < -0.39 is 0 Å². The van der Waals surface area contributed by atoms with Crippen LogP contribution in [0, 0.1) is 0 Å². The van der Waals surface area contributed by atoms with Gasteiger partial charge < -0.3 is 4.90 Å². The number of benzene rings is 2. The summed E-state index contributed by atoms with van der Waals surface area (Å²) in [7, 11) is 2.07. The van der Waals surface area contributed by atoms with Gasteiger partial charge in [-0.15, -0.1) is 0 Å². The molecular formula is C21H18N4. The van der Waals surface area contributed by atoms with Gasteiger partial charge in [-0.1, -0.05) is 42.5 Å². The maximum Gasteiger partial charge on any atom is 0.162 e. The van der Waals surface area contributed by atoms with Gasteiger partial charge in [0.1, 0.15) is 5.82 Å². The Bertz CT molecular complexity index is 984. The largest absolute Gasteiger partial charge is 0.355 e. The van der Waals surface area contributed by atoms with Crippen LogP contribution in [0.3, 0.4) is 0 Å². The van der Waals surface area contributed by atoms with Crippen molar-refractivity contribution < 1.29 is 0 Å². The summed E-state index contributed by atoms with van der Waals surface area (Å²) in [5.41, 5.74) is 3.16. The van der Waals surface area contributed by atoms with Crippen LogP contribution in [0.4, 0.5) is 5.82 Å². The van der Waals surface area contributed by atoms with Crippen LogP contribution >= 0.6 is 0 Å². The highest BCUT2D eigenvalue weighted by molar-refractivity contribution is 5.90. The second-order valence-corrected chi connectivity index (χ2v) is 5.97. The lowest BCUT2D eigenvalue weighted by molar-refractivity contribution is 0.902. The van der Waals surface area contributed by atoms with E-state index in [9.17, 15) is 0 Å². The number of nitrogens with zero attached hydrogens (tertiary/aromatic N) is 4. The Hall–Kier alpha value is -3.27. The van der Waals surface area contributed by atoms with Gasteiger partial charge in [-0.25, -0.2) is 9.97 Å². The Kier molecular flexibility index (Phi) is 4.09. The van der Waals surface area contributed by atoms with Crippen molar-refractivity contribution in [2.45, 2.75) is 6.54 Å². The molecule has 0 bridgehead atoms. The third kappa shape index (κ3) is 3.19. The molecule has 0 aliphatic heterocycles. The second-order valence-electron chi connectivity index (χ2n) is 5.97. The van der Waals surface area contributed by atoms with Crippen molar-refractivity contribution in [2.75, 3.05) is 11.9 Å². The number of anilines is 1. The first kappa shape index (κ1) is 15.3. The molecule has 2 heterocycles. The first-order valence-corrected chi connectivity index (χ1v) is 8.23. The van der Waals surface area contributed by atoms with Crippen LogP contribution in [0.1, 0.15) is 5.56 Å². The Morgan fingerprint density at radius 1 is 0.800 bits per heavy atom. The van der Waals surface area contributed by atoms with E-state index >= 15 is 0 Å². The summed E-state index contributed by atoms with van der Waals surface area (Å²) >= 11 is 0. The predicted octanol–water partition coefficient (Wildman–Crippen LogP) is 4.33. The SMILES string of the molecule is CN(Cc1ccccc1)c1nc(-c2ccncc2)nc2ccccc12. The molecule has 4 heteroatoms. The van der Waals surface area contributed by atoms with Gasteiger partial charge in [-0.2, -0.15) is 0 Å². The normalized spacial score (nSPS) is 10.8. The summed E-state index contributed by atoms with van der Waals surface area (Å²) in [4.78, 5) is 15.8. The number of hydrogen-bond donors (Lipinski definition) is 0. The van der Waals surface area contributed by atoms with Gasteiger partial charge in [0.15, 0.2) is 5.82 Å². The van der Waals surface area contributed by atoms with Crippen molar-refractivity contribution in [1.82, 2.24) is 15.0 Å². The first-order chi connectivity index (χ1) is 12.3. The monoisotopic (exact) mass is 326 g/mol. The molecule has 122 valence electrons. The van der Waals surface area contributed by atoms with Gasteiger partial charge in [0.05, 0.1) is 5.52 Å². The lowest BCUT2D eigenvalue weighted by Crippen LogP contribution is -2.18. The average molecular weight is 326 g/mol. The molecule has 0 N–H and O–H groups in total. The van der Waals surface area contributed by atoms with Gasteiger partial charge in [0, 0.05) is 36.9 Å². The van der Waals surface area contributed by atoms with Crippen LogP contribution in [0.25, 0.3) is 22.3 Å². The number of fused-ring (bicyclic) bond motifs is 1. The van der Waals surface area contributed by atoms with Crippen LogP contribution in [0.15, 0.2) is 79.1 Å². The van der Waals surface area contributed by atoms with Crippen molar-refractivity contribution in [3.63, 3.8) is 0 Å². The highest BCUT2D eigenvalue weighted by atomic mass is 15.2. The molecule has 0 spiro atoms. The van der Waals surface area contributed by atoms with Crippen LogP contribution < -0.4 is 4.90 Å². The van der Waals surface area contributed by atoms with E-state index in [2.05, 4.69) is 47.3 Å². The lowest BCUT2D eigenvalue weighted by atomic mass is 10.1. The van der Waals surface area contributed by atoms with E-state index in [4.69, 9.17) is 9.97 Å². The average Bonchev–Trinajstić information content (AvgIpc) is 2.68. The fraction of sp³-hybridized carbons (Fsp3) is 0.0952. The van der Waals surface area contributed by atoms with E-state index in [0.717, 1.165) is 34.7 Å². The smallest absolute Gasteiger partial charge is 0.162 e. The third-order valence-electron chi connectivity index (χ3n) is 4.15. The van der Waals surface area contributed by atoms with E-state index in [-0.39, 0.29) is 0 Å². The van der Waals surface area contributed by atoms with Crippen LogP contribution in [-0.4, -0.2) is 22.0 Å². The minimum atomic E-state index is 0.719. The Morgan fingerprint density at radius 2 is 1.52 bits per heavy atom. The molecule has 4 rings (SSSR count). The van der Waals surface area contributed by atoms with Crippen molar-refractivity contribution in [3.05, 3.63) is 84.7 Å². The topological polar surface area (TPSA) is 41.9 Å². The summed E-state index contributed by atoms with van der Waals surface area (Å²) in [6.07, 6.45) is 3.53. The molecule has 4 aromatic rings. The molecule has 0 aliphatic carbocycles. The molecule has 0 saturated heterocycles. The fourth-order valence-electron chi connectivity index (χ4n) is 2.91. The quantitative estimate of drug-likeness (QED) is 0.560. The van der Waals surface area contributed by atoms with E-state index in [1.54, 1.807) is 12.4 Å². The van der Waals surface area contributed by atoms with Crippen molar-refractivity contribution >= 4 is 16.7 Å². The standard InChI is InChI=1S/C21H18N4/c1-25(15-16-7-3-2-4-8-16)21-18-9-5-6-10-19(18)23-20(24-21)17-11-13-22-14-12-17/h2-14H,15H2,1H3. The molecule has 4 nitrogen and oxygen atoms in total. The fourth-order valence-corrected chi connectivity index (χ4v) is 2.91.